The van der Waals surface area contributed by atoms with E-state index in [1.165, 1.54) is 21.1 Å². The highest BCUT2D eigenvalue weighted by Crippen LogP contribution is 2.46. The third-order valence-corrected chi connectivity index (χ3v) is 3.16. The molecule has 0 amide bonds. The fourth-order valence-electron chi connectivity index (χ4n) is 2.49. The molecule has 0 fully saturated rings. The Hall–Kier alpha value is -1.95. The molecule has 0 radical (unpaired) electrons. The van der Waals surface area contributed by atoms with Gasteiger partial charge in [-0.3, -0.25) is 4.79 Å². The Morgan fingerprint density at radius 3 is 2.42 bits per heavy atom. The molecule has 0 N–H and O–H groups in total. The topological polar surface area (TPSA) is 78.9 Å². The van der Waals surface area contributed by atoms with Gasteiger partial charge in [0.15, 0.2) is 0 Å². The van der Waals surface area contributed by atoms with Crippen molar-refractivity contribution in [2.24, 2.45) is 0 Å². The van der Waals surface area contributed by atoms with Crippen molar-refractivity contribution >= 4 is 17.7 Å². The van der Waals surface area contributed by atoms with E-state index in [9.17, 15) is 14.4 Å². The predicted octanol–water partition coefficient (Wildman–Crippen LogP) is 0.315. The lowest BCUT2D eigenvalue weighted by Crippen LogP contribution is -2.34. The van der Waals surface area contributed by atoms with Crippen LogP contribution in [0.2, 0.25) is 0 Å². The average molecular weight is 266 g/mol. The van der Waals surface area contributed by atoms with Gasteiger partial charge in [-0.05, 0) is 13.0 Å². The van der Waals surface area contributed by atoms with Crippen molar-refractivity contribution in [3.63, 3.8) is 0 Å². The predicted molar refractivity (Wildman–Crippen MR) is 63.1 cm³/mol. The lowest BCUT2D eigenvalue weighted by molar-refractivity contribution is -0.139. The first-order valence-electron chi connectivity index (χ1n) is 5.73. The van der Waals surface area contributed by atoms with Crippen LogP contribution in [0.5, 0.6) is 0 Å². The molecule has 6 heteroatoms. The summed E-state index contributed by atoms with van der Waals surface area (Å²) in [7, 11) is 2.43. The van der Waals surface area contributed by atoms with Crippen molar-refractivity contribution in [2.45, 2.75) is 25.0 Å². The molecule has 0 spiro atoms. The van der Waals surface area contributed by atoms with Gasteiger partial charge in [0.25, 0.3) is 0 Å². The highest BCUT2D eigenvalue weighted by Gasteiger charge is 2.54. The number of fused-ring (bicyclic) bond motifs is 2. The Morgan fingerprint density at radius 2 is 1.89 bits per heavy atom. The van der Waals surface area contributed by atoms with Crippen molar-refractivity contribution in [1.29, 1.82) is 0 Å². The van der Waals surface area contributed by atoms with Crippen molar-refractivity contribution in [2.75, 3.05) is 14.2 Å². The molecule has 0 saturated heterocycles. The molecule has 102 valence electrons. The van der Waals surface area contributed by atoms with E-state index in [1.54, 1.807) is 12.2 Å². The Bertz CT molecular complexity index is 515. The van der Waals surface area contributed by atoms with Gasteiger partial charge in [-0.1, -0.05) is 6.08 Å². The molecule has 2 aliphatic heterocycles. The third kappa shape index (κ3) is 1.98. The minimum atomic E-state index is -1.20. The Morgan fingerprint density at radius 1 is 1.26 bits per heavy atom. The monoisotopic (exact) mass is 266 g/mol. The van der Waals surface area contributed by atoms with Gasteiger partial charge in [0.1, 0.15) is 17.5 Å². The van der Waals surface area contributed by atoms with Gasteiger partial charge in [0.2, 0.25) is 0 Å². The molecule has 2 aliphatic rings. The van der Waals surface area contributed by atoms with Crippen LogP contribution in [-0.2, 0) is 28.6 Å². The van der Waals surface area contributed by atoms with Crippen molar-refractivity contribution in [3.8, 4) is 0 Å². The first kappa shape index (κ1) is 13.5. The van der Waals surface area contributed by atoms with Crippen LogP contribution >= 0.6 is 0 Å². The number of carbonyl (C=O) groups is 3. The fraction of sp³-hybridized carbons (Fsp3) is 0.462. The van der Waals surface area contributed by atoms with Gasteiger partial charge in [-0.15, -0.1) is 0 Å². The lowest BCUT2D eigenvalue weighted by Gasteiger charge is -2.23. The highest BCUT2D eigenvalue weighted by molar-refractivity contribution is 6.05. The standard InChI is InChI=1S/C13H14O6/c1-7(14)6-13-5-4-8(19-13)9(11(15)17-2)10(13)12(16)18-3/h4-5,8H,6H2,1-3H3. The summed E-state index contributed by atoms with van der Waals surface area (Å²) in [5, 5.41) is 0. The maximum atomic E-state index is 11.9. The first-order valence-corrected chi connectivity index (χ1v) is 5.73. The smallest absolute Gasteiger partial charge is 0.337 e. The van der Waals surface area contributed by atoms with Gasteiger partial charge in [-0.25, -0.2) is 9.59 Å². The van der Waals surface area contributed by atoms with Crippen LogP contribution < -0.4 is 0 Å². The van der Waals surface area contributed by atoms with E-state index in [0.717, 1.165) is 0 Å². The molecule has 0 aliphatic carbocycles. The second kappa shape index (κ2) is 4.62. The van der Waals surface area contributed by atoms with Crippen molar-refractivity contribution in [3.05, 3.63) is 23.3 Å². The zero-order chi connectivity index (χ0) is 14.2. The summed E-state index contributed by atoms with van der Waals surface area (Å²) in [5.74, 6) is -1.49. The van der Waals surface area contributed by atoms with Crippen LogP contribution in [-0.4, -0.2) is 43.6 Å². The molecule has 0 aromatic carbocycles. The van der Waals surface area contributed by atoms with Crippen molar-refractivity contribution in [1.82, 2.24) is 0 Å². The summed E-state index contributed by atoms with van der Waals surface area (Å²) in [6.45, 7) is 1.39. The number of ketones is 1. The van der Waals surface area contributed by atoms with Crippen LogP contribution in [0.1, 0.15) is 13.3 Å². The van der Waals surface area contributed by atoms with E-state index in [1.807, 2.05) is 0 Å². The summed E-state index contributed by atoms with van der Waals surface area (Å²) >= 11 is 0. The van der Waals surface area contributed by atoms with E-state index in [4.69, 9.17) is 4.74 Å². The summed E-state index contributed by atoms with van der Waals surface area (Å²) in [6, 6.07) is 0. The summed E-state index contributed by atoms with van der Waals surface area (Å²) in [6.07, 6.45) is 2.57. The molecule has 0 aromatic heterocycles. The molecule has 2 heterocycles. The van der Waals surface area contributed by atoms with Crippen LogP contribution in [0, 0.1) is 0 Å². The van der Waals surface area contributed by atoms with E-state index in [0.29, 0.717) is 0 Å². The average Bonchev–Trinajstić information content (AvgIpc) is 2.90. The summed E-state index contributed by atoms with van der Waals surface area (Å²) < 4.78 is 15.0. The SMILES string of the molecule is COC(=O)C1=C(C(=O)OC)C2(CC(C)=O)C=CC1O2. The number of hydrogen-bond acceptors (Lipinski definition) is 6. The second-order valence-electron chi connectivity index (χ2n) is 4.44. The van der Waals surface area contributed by atoms with E-state index >= 15 is 0 Å². The molecule has 6 nitrogen and oxygen atoms in total. The zero-order valence-corrected chi connectivity index (χ0v) is 10.9. The van der Waals surface area contributed by atoms with E-state index in [-0.39, 0.29) is 23.4 Å². The second-order valence-corrected chi connectivity index (χ2v) is 4.44. The Balaban J connectivity index is 2.53. The molecule has 0 aromatic rings. The van der Waals surface area contributed by atoms with Gasteiger partial charge in [0, 0.05) is 6.42 Å². The Labute approximate surface area is 110 Å². The number of Topliss-reactive ketones (excluding diaryl/α,β-unsaturated/α-hetero) is 1. The lowest BCUT2D eigenvalue weighted by atomic mass is 9.83. The highest BCUT2D eigenvalue weighted by atomic mass is 16.6. The maximum absolute atomic E-state index is 11.9. The van der Waals surface area contributed by atoms with Gasteiger partial charge < -0.3 is 14.2 Å². The normalized spacial score (nSPS) is 27.6. The summed E-state index contributed by atoms with van der Waals surface area (Å²) in [4.78, 5) is 35.1. The van der Waals surface area contributed by atoms with Crippen LogP contribution in [0.4, 0.5) is 0 Å². The molecule has 2 unspecified atom stereocenters. The molecule has 2 bridgehead atoms. The molecule has 19 heavy (non-hydrogen) atoms. The van der Waals surface area contributed by atoms with E-state index in [2.05, 4.69) is 9.47 Å². The minimum absolute atomic E-state index is 0.0229. The molecular weight excluding hydrogens is 252 g/mol. The van der Waals surface area contributed by atoms with E-state index < -0.39 is 23.6 Å². The Kier molecular flexibility index (Phi) is 3.28. The van der Waals surface area contributed by atoms with Crippen molar-refractivity contribution < 1.29 is 28.6 Å². The number of ether oxygens (including phenoxy) is 3. The first-order chi connectivity index (χ1) is 8.95. The van der Waals surface area contributed by atoms with Gasteiger partial charge in [-0.2, -0.15) is 0 Å². The van der Waals surface area contributed by atoms with Crippen LogP contribution in [0.25, 0.3) is 0 Å². The molecule has 0 saturated carbocycles. The molecule has 2 rings (SSSR count). The molecular formula is C13H14O6. The number of esters is 2. The summed E-state index contributed by atoms with van der Waals surface area (Å²) in [5.41, 5.74) is -1.03. The number of methoxy groups -OCH3 is 2. The third-order valence-electron chi connectivity index (χ3n) is 3.16. The van der Waals surface area contributed by atoms with Gasteiger partial charge >= 0.3 is 11.9 Å². The van der Waals surface area contributed by atoms with Gasteiger partial charge in [0.05, 0.1) is 25.4 Å². The van der Waals surface area contributed by atoms with Crippen LogP contribution in [0.3, 0.4) is 0 Å². The minimum Gasteiger partial charge on any atom is -0.466 e. The molecule has 2 atom stereocenters. The zero-order valence-electron chi connectivity index (χ0n) is 10.9. The quantitative estimate of drug-likeness (QED) is 0.538. The maximum Gasteiger partial charge on any atom is 0.337 e. The largest absolute Gasteiger partial charge is 0.466 e. The van der Waals surface area contributed by atoms with Crippen LogP contribution in [0.15, 0.2) is 23.3 Å². The fourth-order valence-corrected chi connectivity index (χ4v) is 2.49. The number of carbonyl (C=O) groups excluding carboxylic acids is 3. The number of rotatable bonds is 4. The number of hydrogen-bond donors (Lipinski definition) is 0.